The van der Waals surface area contributed by atoms with E-state index in [0.717, 1.165) is 24.5 Å². The number of nitrogens with one attached hydrogen (secondary N) is 1. The van der Waals surface area contributed by atoms with Gasteiger partial charge in [0.15, 0.2) is 11.6 Å². The largest absolute Gasteiger partial charge is 0.511 e. The predicted octanol–water partition coefficient (Wildman–Crippen LogP) is 3.82. The summed E-state index contributed by atoms with van der Waals surface area (Å²) < 4.78 is 37.1. The molecule has 0 bridgehead atoms. The van der Waals surface area contributed by atoms with Crippen molar-refractivity contribution < 1.29 is 23.4 Å². The Morgan fingerprint density at radius 1 is 1.19 bits per heavy atom. The molecule has 1 saturated heterocycles. The van der Waals surface area contributed by atoms with Gasteiger partial charge in [-0.25, -0.2) is 13.6 Å². The van der Waals surface area contributed by atoms with Gasteiger partial charge in [0.25, 0.3) is 0 Å². The molecule has 3 aromatic rings. The van der Waals surface area contributed by atoms with E-state index in [0.29, 0.717) is 19.6 Å². The molecule has 2 aromatic carbocycles. The summed E-state index contributed by atoms with van der Waals surface area (Å²) in [6.45, 7) is 1.30. The maximum atomic E-state index is 15.8. The normalized spacial score (nSPS) is 18.7. The smallest absolute Gasteiger partial charge is 0.449 e. The number of aromatic nitrogens is 1. The van der Waals surface area contributed by atoms with E-state index in [1.54, 1.807) is 4.90 Å². The molecule has 7 nitrogen and oxygen atoms in total. The molecule has 2 aliphatic rings. The number of rotatable bonds is 4. The number of halogens is 2. The van der Waals surface area contributed by atoms with Gasteiger partial charge in [-0.3, -0.25) is 4.79 Å². The fourth-order valence-corrected chi connectivity index (χ4v) is 4.37. The lowest BCUT2D eigenvalue weighted by Gasteiger charge is -2.36. The number of carboxylic acid groups (broad SMARTS) is 1. The van der Waals surface area contributed by atoms with Crippen LogP contribution in [0.15, 0.2) is 47.4 Å². The first kappa shape index (κ1) is 20.4. The van der Waals surface area contributed by atoms with Crippen molar-refractivity contribution in [2.24, 2.45) is 0 Å². The van der Waals surface area contributed by atoms with Gasteiger partial charge in [0, 0.05) is 31.7 Å². The van der Waals surface area contributed by atoms with Crippen molar-refractivity contribution in [2.45, 2.75) is 24.9 Å². The van der Waals surface area contributed by atoms with Crippen LogP contribution in [0.1, 0.15) is 30.5 Å². The van der Waals surface area contributed by atoms with E-state index in [-0.39, 0.29) is 28.7 Å². The van der Waals surface area contributed by atoms with Crippen molar-refractivity contribution in [1.29, 1.82) is 0 Å². The Kier molecular flexibility index (Phi) is 5.05. The third-order valence-corrected chi connectivity index (χ3v) is 5.98. The molecule has 32 heavy (non-hydrogen) atoms. The lowest BCUT2D eigenvalue weighted by molar-refractivity contribution is 0.143. The molecule has 5 rings (SSSR count). The van der Waals surface area contributed by atoms with Crippen LogP contribution < -0.4 is 20.4 Å². The maximum absolute atomic E-state index is 15.8. The van der Waals surface area contributed by atoms with E-state index in [1.165, 1.54) is 10.8 Å². The fraction of sp³-hybridized carbons (Fsp3) is 0.304. The van der Waals surface area contributed by atoms with Gasteiger partial charge in [0.05, 0.1) is 17.1 Å². The van der Waals surface area contributed by atoms with Gasteiger partial charge in [-0.2, -0.15) is 0 Å². The summed E-state index contributed by atoms with van der Waals surface area (Å²) >= 11 is 0. The topological polar surface area (TPSA) is 83.8 Å². The lowest BCUT2D eigenvalue weighted by atomic mass is 10.0. The molecule has 1 aliphatic heterocycles. The number of ether oxygens (including phenoxy) is 1. The van der Waals surface area contributed by atoms with Crippen LogP contribution in [0.4, 0.5) is 19.3 Å². The molecule has 0 amide bonds. The number of benzene rings is 2. The zero-order valence-corrected chi connectivity index (χ0v) is 17.1. The lowest BCUT2D eigenvalue weighted by Crippen LogP contribution is -2.46. The number of hydrogen-bond acceptors (Lipinski definition) is 5. The maximum Gasteiger partial charge on any atom is 0.511 e. The highest BCUT2D eigenvalue weighted by Crippen LogP contribution is 2.40. The standard InChI is InChI=1S/C23H21F2N3O4/c24-16-10-15-20(28(14-6-7-14)12-18(22(15)29)32-23(30)31)19(25)21(16)27-9-8-26-17(11-27)13-4-2-1-3-5-13/h1-5,10,12,14,17,26H,6-9,11H2,(H,30,31). The van der Waals surface area contributed by atoms with Crippen LogP contribution in [0.25, 0.3) is 10.9 Å². The zero-order valence-electron chi connectivity index (χ0n) is 17.1. The molecule has 1 atom stereocenters. The molecule has 0 radical (unpaired) electrons. The van der Waals surface area contributed by atoms with Crippen LogP contribution in [0.2, 0.25) is 0 Å². The SMILES string of the molecule is O=C(O)Oc1cn(C2CC2)c2c(F)c(N3CCNC(c4ccccc4)C3)c(F)cc2c1=O. The number of pyridine rings is 1. The minimum Gasteiger partial charge on any atom is -0.449 e. The van der Waals surface area contributed by atoms with Crippen LogP contribution in [-0.2, 0) is 0 Å². The fourth-order valence-electron chi connectivity index (χ4n) is 4.37. The summed E-state index contributed by atoms with van der Waals surface area (Å²) in [6.07, 6.45) is 1.06. The van der Waals surface area contributed by atoms with Crippen molar-refractivity contribution in [3.8, 4) is 5.75 Å². The molecule has 1 aliphatic carbocycles. The summed E-state index contributed by atoms with van der Waals surface area (Å²) in [5.74, 6) is -2.15. The minimum absolute atomic E-state index is 0.0265. The molecule has 166 valence electrons. The first-order valence-electron chi connectivity index (χ1n) is 10.4. The summed E-state index contributed by atoms with van der Waals surface area (Å²) in [6, 6.07) is 10.5. The first-order valence-corrected chi connectivity index (χ1v) is 10.4. The number of anilines is 1. The molecule has 2 heterocycles. The van der Waals surface area contributed by atoms with Gasteiger partial charge < -0.3 is 24.6 Å². The van der Waals surface area contributed by atoms with Crippen LogP contribution >= 0.6 is 0 Å². The summed E-state index contributed by atoms with van der Waals surface area (Å²) in [7, 11) is 0. The highest BCUT2D eigenvalue weighted by molar-refractivity contribution is 5.86. The highest BCUT2D eigenvalue weighted by Gasteiger charge is 2.32. The second-order valence-corrected chi connectivity index (χ2v) is 8.11. The molecule has 1 saturated carbocycles. The van der Waals surface area contributed by atoms with Gasteiger partial charge in [0.2, 0.25) is 5.43 Å². The Morgan fingerprint density at radius 2 is 1.94 bits per heavy atom. The van der Waals surface area contributed by atoms with Crippen molar-refractivity contribution in [3.05, 3.63) is 70.0 Å². The monoisotopic (exact) mass is 441 g/mol. The molecule has 1 aromatic heterocycles. The molecule has 2 N–H and O–H groups in total. The molecule has 1 unspecified atom stereocenters. The highest BCUT2D eigenvalue weighted by atomic mass is 19.1. The van der Waals surface area contributed by atoms with Gasteiger partial charge in [-0.1, -0.05) is 30.3 Å². The Bertz CT molecular complexity index is 1260. The van der Waals surface area contributed by atoms with Crippen molar-refractivity contribution in [1.82, 2.24) is 9.88 Å². The molecule has 0 spiro atoms. The summed E-state index contributed by atoms with van der Waals surface area (Å²) in [4.78, 5) is 25.3. The molecule has 2 fully saturated rings. The third-order valence-electron chi connectivity index (χ3n) is 5.98. The number of piperazine rings is 1. The number of hydrogen-bond donors (Lipinski definition) is 2. The number of nitrogens with zero attached hydrogens (tertiary/aromatic N) is 2. The van der Waals surface area contributed by atoms with Crippen LogP contribution in [0.5, 0.6) is 5.75 Å². The molecular weight excluding hydrogens is 420 g/mol. The van der Waals surface area contributed by atoms with Gasteiger partial charge in [-0.15, -0.1) is 0 Å². The van der Waals surface area contributed by atoms with Gasteiger partial charge >= 0.3 is 6.16 Å². The average Bonchev–Trinajstić information content (AvgIpc) is 3.62. The van der Waals surface area contributed by atoms with E-state index in [4.69, 9.17) is 5.11 Å². The Labute approximate surface area is 181 Å². The van der Waals surface area contributed by atoms with E-state index in [1.807, 2.05) is 30.3 Å². The van der Waals surface area contributed by atoms with Crippen molar-refractivity contribution in [2.75, 3.05) is 24.5 Å². The number of carbonyl (C=O) groups is 1. The average molecular weight is 441 g/mol. The third kappa shape index (κ3) is 3.58. The van der Waals surface area contributed by atoms with Crippen LogP contribution in [0.3, 0.4) is 0 Å². The Balaban J connectivity index is 1.62. The quantitative estimate of drug-likeness (QED) is 0.599. The van der Waals surface area contributed by atoms with E-state index in [2.05, 4.69) is 10.1 Å². The van der Waals surface area contributed by atoms with Gasteiger partial charge in [-0.05, 0) is 24.5 Å². The second kappa shape index (κ2) is 7.90. The number of fused-ring (bicyclic) bond motifs is 1. The van der Waals surface area contributed by atoms with E-state index >= 15 is 8.78 Å². The van der Waals surface area contributed by atoms with E-state index in [9.17, 15) is 9.59 Å². The minimum atomic E-state index is -1.66. The molecule has 9 heteroatoms. The van der Waals surface area contributed by atoms with Gasteiger partial charge in [0.1, 0.15) is 11.5 Å². The summed E-state index contributed by atoms with van der Waals surface area (Å²) in [5.41, 5.74) is -0.0441. The Hall–Kier alpha value is -3.46. The predicted molar refractivity (Wildman–Crippen MR) is 114 cm³/mol. The van der Waals surface area contributed by atoms with E-state index < -0.39 is 29.0 Å². The van der Waals surface area contributed by atoms with Crippen molar-refractivity contribution in [3.63, 3.8) is 0 Å². The summed E-state index contributed by atoms with van der Waals surface area (Å²) in [5, 5.41) is 12.1. The Morgan fingerprint density at radius 3 is 2.62 bits per heavy atom. The van der Waals surface area contributed by atoms with Crippen LogP contribution in [0, 0.1) is 11.6 Å². The zero-order chi connectivity index (χ0) is 22.4. The second-order valence-electron chi connectivity index (χ2n) is 8.11. The van der Waals surface area contributed by atoms with Crippen LogP contribution in [-0.4, -0.2) is 35.5 Å². The molecular formula is C23H21F2N3O4. The van der Waals surface area contributed by atoms with Crippen molar-refractivity contribution >= 4 is 22.7 Å². The first-order chi connectivity index (χ1) is 15.4.